The summed E-state index contributed by atoms with van der Waals surface area (Å²) in [6.07, 6.45) is -0.0658. The van der Waals surface area contributed by atoms with Crippen molar-refractivity contribution in [2.45, 2.75) is 13.3 Å². The molecule has 0 saturated heterocycles. The molecule has 0 aliphatic carbocycles. The second-order valence-corrected chi connectivity index (χ2v) is 3.29. The van der Waals surface area contributed by atoms with E-state index < -0.39 is 5.97 Å². The first-order valence-corrected chi connectivity index (χ1v) is 5.25. The number of hydrogen-bond donors (Lipinski definition) is 0. The standard InChI is InChI=1S/C13H14O4/c1-3-17-13(15)8-11(9-14)10-4-6-12(16-2)7-5-10/h4-7H,3,8H2,1-2H3. The SMILES string of the molecule is CCOC(=O)CC(=C=O)c1ccc(OC)cc1. The fraction of sp³-hybridized carbons (Fsp3) is 0.308. The number of benzene rings is 1. The van der Waals surface area contributed by atoms with Crippen molar-refractivity contribution >= 4 is 17.5 Å². The summed E-state index contributed by atoms with van der Waals surface area (Å²) in [5.41, 5.74) is 0.931. The molecule has 0 amide bonds. The van der Waals surface area contributed by atoms with Crippen molar-refractivity contribution in [1.82, 2.24) is 0 Å². The fourth-order valence-electron chi connectivity index (χ4n) is 1.35. The van der Waals surface area contributed by atoms with Gasteiger partial charge in [0.2, 0.25) is 0 Å². The molecule has 0 fully saturated rings. The first-order valence-electron chi connectivity index (χ1n) is 5.25. The summed E-state index contributed by atoms with van der Waals surface area (Å²) in [6, 6.07) is 6.85. The van der Waals surface area contributed by atoms with E-state index in [1.54, 1.807) is 44.2 Å². The van der Waals surface area contributed by atoms with Gasteiger partial charge in [0.25, 0.3) is 0 Å². The van der Waals surface area contributed by atoms with E-state index in [0.717, 1.165) is 0 Å². The van der Waals surface area contributed by atoms with Crippen molar-refractivity contribution in [1.29, 1.82) is 0 Å². The third-order valence-corrected chi connectivity index (χ3v) is 2.19. The van der Waals surface area contributed by atoms with Gasteiger partial charge >= 0.3 is 5.97 Å². The number of carbonyl (C=O) groups is 1. The third-order valence-electron chi connectivity index (χ3n) is 2.19. The van der Waals surface area contributed by atoms with E-state index in [1.165, 1.54) is 0 Å². The van der Waals surface area contributed by atoms with Gasteiger partial charge in [0.15, 0.2) is 0 Å². The van der Waals surface area contributed by atoms with E-state index in [9.17, 15) is 9.59 Å². The van der Waals surface area contributed by atoms with Crippen LogP contribution in [0.15, 0.2) is 24.3 Å². The molecule has 0 aromatic heterocycles. The summed E-state index contributed by atoms with van der Waals surface area (Å²) in [5.74, 6) is 2.03. The largest absolute Gasteiger partial charge is 0.497 e. The molecule has 4 heteroatoms. The number of esters is 1. The average Bonchev–Trinajstić information content (AvgIpc) is 2.36. The van der Waals surface area contributed by atoms with Crippen molar-refractivity contribution in [2.24, 2.45) is 0 Å². The van der Waals surface area contributed by atoms with Crippen LogP contribution < -0.4 is 4.74 Å². The maximum absolute atomic E-state index is 11.3. The van der Waals surface area contributed by atoms with Crippen LogP contribution in [0.5, 0.6) is 5.75 Å². The van der Waals surface area contributed by atoms with Crippen molar-refractivity contribution in [2.75, 3.05) is 13.7 Å². The van der Waals surface area contributed by atoms with Crippen LogP contribution >= 0.6 is 0 Å². The van der Waals surface area contributed by atoms with Crippen molar-refractivity contribution in [3.63, 3.8) is 0 Å². The highest BCUT2D eigenvalue weighted by atomic mass is 16.5. The van der Waals surface area contributed by atoms with Gasteiger partial charge in [-0.2, -0.15) is 0 Å². The van der Waals surface area contributed by atoms with Gasteiger partial charge in [-0.15, -0.1) is 0 Å². The Morgan fingerprint density at radius 3 is 2.41 bits per heavy atom. The van der Waals surface area contributed by atoms with Gasteiger partial charge in [-0.25, -0.2) is 4.79 Å². The molecule has 0 aliphatic heterocycles. The van der Waals surface area contributed by atoms with E-state index >= 15 is 0 Å². The lowest BCUT2D eigenvalue weighted by atomic mass is 10.0. The first kappa shape index (κ1) is 13.0. The number of ether oxygens (including phenoxy) is 2. The Hall–Kier alpha value is -2.06. The quantitative estimate of drug-likeness (QED) is 0.576. The zero-order valence-corrected chi connectivity index (χ0v) is 9.86. The zero-order valence-electron chi connectivity index (χ0n) is 9.86. The van der Waals surface area contributed by atoms with Crippen molar-refractivity contribution in [3.8, 4) is 5.75 Å². The maximum Gasteiger partial charge on any atom is 0.311 e. The van der Waals surface area contributed by atoms with Crippen molar-refractivity contribution < 1.29 is 19.1 Å². The molecule has 0 heterocycles. The normalized spacial score (nSPS) is 9.29. The highest BCUT2D eigenvalue weighted by Gasteiger charge is 2.10. The average molecular weight is 234 g/mol. The summed E-state index contributed by atoms with van der Waals surface area (Å²) in [4.78, 5) is 22.1. The number of rotatable bonds is 5. The molecule has 0 unspecified atom stereocenters. The minimum absolute atomic E-state index is 0.0658. The Morgan fingerprint density at radius 2 is 1.94 bits per heavy atom. The molecule has 1 rings (SSSR count). The van der Waals surface area contributed by atoms with Gasteiger partial charge in [-0.05, 0) is 24.6 Å². The predicted molar refractivity (Wildman–Crippen MR) is 63.3 cm³/mol. The van der Waals surface area contributed by atoms with E-state index in [4.69, 9.17) is 9.47 Å². The Balaban J connectivity index is 2.80. The molecule has 0 saturated carbocycles. The molecule has 90 valence electrons. The molecule has 0 N–H and O–H groups in total. The summed E-state index contributed by atoms with van der Waals surface area (Å²) in [6.45, 7) is 2.02. The lowest BCUT2D eigenvalue weighted by Gasteiger charge is -2.05. The molecule has 0 aliphatic rings. The second kappa shape index (κ2) is 6.51. The van der Waals surface area contributed by atoms with E-state index in [0.29, 0.717) is 17.9 Å². The molecule has 0 radical (unpaired) electrons. The van der Waals surface area contributed by atoms with Crippen LogP contribution in [0.1, 0.15) is 18.9 Å². The zero-order chi connectivity index (χ0) is 12.7. The maximum atomic E-state index is 11.3. The monoisotopic (exact) mass is 234 g/mol. The summed E-state index contributed by atoms with van der Waals surface area (Å²) in [5, 5.41) is 0. The first-order chi connectivity index (χ1) is 8.21. The molecule has 0 atom stereocenters. The fourth-order valence-corrected chi connectivity index (χ4v) is 1.35. The van der Waals surface area contributed by atoms with Gasteiger partial charge in [0.1, 0.15) is 11.7 Å². The molecular formula is C13H14O4. The van der Waals surface area contributed by atoms with Crippen LogP contribution in [0.4, 0.5) is 0 Å². The highest BCUT2D eigenvalue weighted by molar-refractivity contribution is 5.96. The Kier molecular flexibility index (Phi) is 4.98. The molecule has 4 nitrogen and oxygen atoms in total. The van der Waals surface area contributed by atoms with Crippen LogP contribution in [0, 0.1) is 0 Å². The van der Waals surface area contributed by atoms with Gasteiger partial charge in [-0.3, -0.25) is 4.79 Å². The lowest BCUT2D eigenvalue weighted by molar-refractivity contribution is -0.141. The van der Waals surface area contributed by atoms with Gasteiger partial charge in [0.05, 0.1) is 25.7 Å². The molecule has 0 bridgehead atoms. The summed E-state index contributed by atoms with van der Waals surface area (Å²) < 4.78 is 9.78. The van der Waals surface area contributed by atoms with E-state index in [-0.39, 0.29) is 12.0 Å². The molecule has 1 aromatic carbocycles. The third kappa shape index (κ3) is 3.78. The number of carbonyl (C=O) groups excluding carboxylic acids is 2. The van der Waals surface area contributed by atoms with Crippen LogP contribution in [-0.4, -0.2) is 25.6 Å². The number of hydrogen-bond acceptors (Lipinski definition) is 4. The summed E-state index contributed by atoms with van der Waals surface area (Å²) >= 11 is 0. The van der Waals surface area contributed by atoms with Gasteiger partial charge in [0, 0.05) is 0 Å². The molecule has 1 aromatic rings. The van der Waals surface area contributed by atoms with Crippen LogP contribution in [0.3, 0.4) is 0 Å². The van der Waals surface area contributed by atoms with Gasteiger partial charge < -0.3 is 9.47 Å². The van der Waals surface area contributed by atoms with Crippen molar-refractivity contribution in [3.05, 3.63) is 29.8 Å². The van der Waals surface area contributed by atoms with Gasteiger partial charge in [-0.1, -0.05) is 12.1 Å². The van der Waals surface area contributed by atoms with E-state index in [1.807, 2.05) is 0 Å². The highest BCUT2D eigenvalue weighted by Crippen LogP contribution is 2.19. The molecular weight excluding hydrogens is 220 g/mol. The minimum Gasteiger partial charge on any atom is -0.497 e. The smallest absolute Gasteiger partial charge is 0.311 e. The van der Waals surface area contributed by atoms with Crippen LogP contribution in [0.25, 0.3) is 5.57 Å². The second-order valence-electron chi connectivity index (χ2n) is 3.29. The topological polar surface area (TPSA) is 52.6 Å². The Bertz CT molecular complexity index is 427. The van der Waals surface area contributed by atoms with Crippen LogP contribution in [-0.2, 0) is 14.3 Å². The minimum atomic E-state index is -0.429. The van der Waals surface area contributed by atoms with Crippen LogP contribution in [0.2, 0.25) is 0 Å². The van der Waals surface area contributed by atoms with E-state index in [2.05, 4.69) is 0 Å². The summed E-state index contributed by atoms with van der Waals surface area (Å²) in [7, 11) is 1.56. The lowest BCUT2D eigenvalue weighted by Crippen LogP contribution is -2.05. The predicted octanol–water partition coefficient (Wildman–Crippen LogP) is 1.86. The Labute approximate surface area is 99.8 Å². The molecule has 0 spiro atoms. The number of methoxy groups -OCH3 is 1. The Morgan fingerprint density at radius 1 is 1.29 bits per heavy atom. The molecule has 17 heavy (non-hydrogen) atoms.